The number of anilines is 5. The number of hydrogen-bond acceptors (Lipinski definition) is 10. The fraction of sp³-hybridized carbons (Fsp3) is 0.355. The molecule has 5 rings (SSSR count). The van der Waals surface area contributed by atoms with Crippen molar-refractivity contribution >= 4 is 34.6 Å². The number of aromatic nitrogens is 2. The highest BCUT2D eigenvalue weighted by Gasteiger charge is 2.30. The predicted molar refractivity (Wildman–Crippen MR) is 163 cm³/mol. The van der Waals surface area contributed by atoms with E-state index in [1.807, 2.05) is 30.3 Å². The molecule has 2 aliphatic heterocycles. The van der Waals surface area contributed by atoms with Gasteiger partial charge in [-0.2, -0.15) is 5.26 Å². The van der Waals surface area contributed by atoms with Gasteiger partial charge in [0.2, 0.25) is 5.91 Å². The van der Waals surface area contributed by atoms with Gasteiger partial charge in [-0.05, 0) is 56.8 Å². The molecule has 2 N–H and O–H groups in total. The monoisotopic (exact) mass is 568 g/mol. The molecule has 2 aliphatic rings. The number of rotatable bonds is 9. The van der Waals surface area contributed by atoms with Crippen LogP contribution in [-0.4, -0.2) is 67.7 Å². The van der Waals surface area contributed by atoms with E-state index in [0.29, 0.717) is 47.0 Å². The predicted octanol–water partition coefficient (Wildman–Crippen LogP) is 4.64. The topological polar surface area (TPSA) is 119 Å². The van der Waals surface area contributed by atoms with Crippen LogP contribution in [0.1, 0.15) is 36.4 Å². The lowest BCUT2D eigenvalue weighted by Crippen LogP contribution is -2.42. The summed E-state index contributed by atoms with van der Waals surface area (Å²) in [5.74, 6) is 1.42. The Morgan fingerprint density at radius 1 is 1.17 bits per heavy atom. The van der Waals surface area contributed by atoms with Gasteiger partial charge in [0.25, 0.3) is 0 Å². The largest absolute Gasteiger partial charge is 0.494 e. The lowest BCUT2D eigenvalue weighted by Gasteiger charge is -2.37. The van der Waals surface area contributed by atoms with Gasteiger partial charge < -0.3 is 25.2 Å². The van der Waals surface area contributed by atoms with Crippen molar-refractivity contribution in [2.45, 2.75) is 31.3 Å². The maximum absolute atomic E-state index is 12.4. The molecule has 0 spiro atoms. The van der Waals surface area contributed by atoms with Crippen LogP contribution in [0.2, 0.25) is 0 Å². The van der Waals surface area contributed by atoms with E-state index in [9.17, 15) is 10.1 Å². The highest BCUT2D eigenvalue weighted by molar-refractivity contribution is 6.02. The minimum atomic E-state index is -0.294. The second kappa shape index (κ2) is 12.9. The van der Waals surface area contributed by atoms with E-state index in [-0.39, 0.29) is 11.9 Å². The first-order chi connectivity index (χ1) is 20.4. The average Bonchev–Trinajstić information content (AvgIpc) is 3.52. The van der Waals surface area contributed by atoms with Gasteiger partial charge in [-0.25, -0.2) is 15.0 Å². The van der Waals surface area contributed by atoms with E-state index in [1.165, 1.54) is 12.4 Å². The van der Waals surface area contributed by atoms with E-state index in [0.717, 1.165) is 43.6 Å². The van der Waals surface area contributed by atoms with Crippen LogP contribution in [0.3, 0.4) is 0 Å². The molecule has 1 unspecified atom stereocenters. The summed E-state index contributed by atoms with van der Waals surface area (Å²) in [6, 6.07) is 15.8. The summed E-state index contributed by atoms with van der Waals surface area (Å²) in [4.78, 5) is 31.8. The zero-order chi connectivity index (χ0) is 29.6. The Labute approximate surface area is 246 Å². The van der Waals surface area contributed by atoms with E-state index in [4.69, 9.17) is 9.57 Å². The number of benzene rings is 2. The van der Waals surface area contributed by atoms with Crippen LogP contribution < -0.4 is 25.3 Å². The van der Waals surface area contributed by atoms with Crippen molar-refractivity contribution < 1.29 is 14.4 Å². The number of hydroxylamine groups is 1. The van der Waals surface area contributed by atoms with Gasteiger partial charge in [-0.15, -0.1) is 0 Å². The molecular formula is C31H36N8O3. The second-order valence-electron chi connectivity index (χ2n) is 10.5. The van der Waals surface area contributed by atoms with Crippen molar-refractivity contribution in [2.24, 2.45) is 0 Å². The first-order valence-electron chi connectivity index (χ1n) is 14.0. The molecule has 0 saturated carbocycles. The number of methoxy groups -OCH3 is 1. The Kier molecular flexibility index (Phi) is 8.85. The van der Waals surface area contributed by atoms with Crippen molar-refractivity contribution in [2.75, 3.05) is 61.5 Å². The molecule has 1 amide bonds. The van der Waals surface area contributed by atoms with Gasteiger partial charge in [0, 0.05) is 37.7 Å². The Balaban J connectivity index is 1.42. The van der Waals surface area contributed by atoms with Gasteiger partial charge in [-0.1, -0.05) is 18.7 Å². The SMILES string of the molecule is C=CC(=O)Nc1cc(Nc2cc(N3OCCC3c3cccc(C#N)c3)ncn2)c(OC)cc1N1CCC(N(C)C)CC1. The molecule has 0 bridgehead atoms. The number of nitrogens with one attached hydrogen (secondary N) is 2. The summed E-state index contributed by atoms with van der Waals surface area (Å²) < 4.78 is 5.79. The van der Waals surface area contributed by atoms with Crippen molar-refractivity contribution in [1.29, 1.82) is 5.26 Å². The normalized spacial score (nSPS) is 17.2. The molecule has 11 nitrogen and oxygen atoms in total. The minimum Gasteiger partial charge on any atom is -0.494 e. The molecule has 3 heterocycles. The van der Waals surface area contributed by atoms with Crippen molar-refractivity contribution in [3.05, 3.63) is 72.6 Å². The van der Waals surface area contributed by atoms with Crippen LogP contribution in [0, 0.1) is 11.3 Å². The molecule has 2 saturated heterocycles. The molecule has 1 aromatic heterocycles. The standard InChI is InChI=1S/C31H36N8O3/c1-5-31(40)36-24-16-25(28(41-4)17-27(24)38-12-9-23(10-13-38)37(2)3)35-29-18-30(34-20-33-29)39-26(11-14-42-39)22-8-6-7-21(15-22)19-32/h5-8,15-18,20,23,26H,1,9-14H2,2-4H3,(H,36,40)(H,33,34,35). The molecule has 42 heavy (non-hydrogen) atoms. The minimum absolute atomic E-state index is 0.0905. The molecule has 2 fully saturated rings. The number of carbonyl (C=O) groups is 1. The van der Waals surface area contributed by atoms with E-state index < -0.39 is 0 Å². The lowest BCUT2D eigenvalue weighted by molar-refractivity contribution is -0.111. The molecule has 1 atom stereocenters. The number of nitriles is 1. The number of nitrogens with zero attached hydrogens (tertiary/aromatic N) is 6. The second-order valence-corrected chi connectivity index (χ2v) is 10.5. The zero-order valence-electron chi connectivity index (χ0n) is 24.2. The number of hydrogen-bond donors (Lipinski definition) is 2. The van der Waals surface area contributed by atoms with Crippen LogP contribution in [0.4, 0.5) is 28.7 Å². The summed E-state index contributed by atoms with van der Waals surface area (Å²) in [6.07, 6.45) is 5.53. The summed E-state index contributed by atoms with van der Waals surface area (Å²) >= 11 is 0. The Bertz CT molecular complexity index is 1480. The Morgan fingerprint density at radius 2 is 1.98 bits per heavy atom. The lowest BCUT2D eigenvalue weighted by atomic mass is 10.0. The maximum Gasteiger partial charge on any atom is 0.247 e. The molecule has 2 aromatic carbocycles. The smallest absolute Gasteiger partial charge is 0.247 e. The summed E-state index contributed by atoms with van der Waals surface area (Å²) in [6.45, 7) is 5.87. The van der Waals surface area contributed by atoms with E-state index >= 15 is 0 Å². The van der Waals surface area contributed by atoms with Crippen LogP contribution in [0.15, 0.2) is 61.4 Å². The van der Waals surface area contributed by atoms with Gasteiger partial charge >= 0.3 is 0 Å². The molecular weight excluding hydrogens is 532 g/mol. The number of piperidine rings is 1. The van der Waals surface area contributed by atoms with Crippen molar-refractivity contribution in [3.8, 4) is 11.8 Å². The Hall–Kier alpha value is -4.66. The summed E-state index contributed by atoms with van der Waals surface area (Å²) in [5.41, 5.74) is 3.76. The van der Waals surface area contributed by atoms with Crippen molar-refractivity contribution in [3.63, 3.8) is 0 Å². The van der Waals surface area contributed by atoms with Gasteiger partial charge in [-0.3, -0.25) is 9.63 Å². The summed E-state index contributed by atoms with van der Waals surface area (Å²) in [5, 5.41) is 17.4. The first kappa shape index (κ1) is 28.9. The molecule has 11 heteroatoms. The maximum atomic E-state index is 12.4. The highest BCUT2D eigenvalue weighted by atomic mass is 16.7. The third kappa shape index (κ3) is 6.30. The van der Waals surface area contributed by atoms with Gasteiger partial charge in [0.05, 0.1) is 48.5 Å². The van der Waals surface area contributed by atoms with E-state index in [1.54, 1.807) is 24.3 Å². The van der Waals surface area contributed by atoms with Crippen LogP contribution >= 0.6 is 0 Å². The fourth-order valence-electron chi connectivity index (χ4n) is 5.49. The van der Waals surface area contributed by atoms with Gasteiger partial charge in [0.1, 0.15) is 17.9 Å². The number of carbonyl (C=O) groups excluding carboxylic acids is 1. The molecule has 0 aliphatic carbocycles. The highest BCUT2D eigenvalue weighted by Crippen LogP contribution is 2.40. The zero-order valence-corrected chi connectivity index (χ0v) is 24.2. The fourth-order valence-corrected chi connectivity index (χ4v) is 5.49. The number of ether oxygens (including phenoxy) is 1. The van der Waals surface area contributed by atoms with Crippen LogP contribution in [-0.2, 0) is 9.63 Å². The molecule has 3 aromatic rings. The first-order valence-corrected chi connectivity index (χ1v) is 14.0. The van der Waals surface area contributed by atoms with Gasteiger partial charge in [0.15, 0.2) is 5.82 Å². The van der Waals surface area contributed by atoms with Crippen molar-refractivity contribution in [1.82, 2.24) is 14.9 Å². The van der Waals surface area contributed by atoms with Crippen LogP contribution in [0.5, 0.6) is 5.75 Å². The Morgan fingerprint density at radius 3 is 2.69 bits per heavy atom. The van der Waals surface area contributed by atoms with E-state index in [2.05, 4.69) is 57.1 Å². The number of amides is 1. The molecule has 218 valence electrons. The average molecular weight is 569 g/mol. The molecule has 0 radical (unpaired) electrons. The van der Waals surface area contributed by atoms with Crippen LogP contribution in [0.25, 0.3) is 0 Å². The summed E-state index contributed by atoms with van der Waals surface area (Å²) in [7, 11) is 5.84. The quantitative estimate of drug-likeness (QED) is 0.354. The third-order valence-corrected chi connectivity index (χ3v) is 7.74. The third-order valence-electron chi connectivity index (χ3n) is 7.74.